The normalized spacial score (nSPS) is 10.9. The molecular formula is C7H14N4. The molecule has 11 heavy (non-hydrogen) atoms. The van der Waals surface area contributed by atoms with Crippen molar-refractivity contribution in [3.63, 3.8) is 0 Å². The molecule has 0 fully saturated rings. The number of hydrogen-bond donors (Lipinski definition) is 2. The Morgan fingerprint density at radius 1 is 1.73 bits per heavy atom. The van der Waals surface area contributed by atoms with Crippen LogP contribution in [0.25, 0.3) is 0 Å². The summed E-state index contributed by atoms with van der Waals surface area (Å²) in [6.45, 7) is 4.89. The summed E-state index contributed by atoms with van der Waals surface area (Å²) in [4.78, 5) is 4.03. The number of hydrazine groups is 1. The van der Waals surface area contributed by atoms with Crippen LogP contribution in [0.2, 0.25) is 0 Å². The second kappa shape index (κ2) is 3.50. The van der Waals surface area contributed by atoms with Crippen molar-refractivity contribution in [1.29, 1.82) is 0 Å². The molecule has 1 rings (SSSR count). The van der Waals surface area contributed by atoms with Crippen molar-refractivity contribution in [3.8, 4) is 0 Å². The van der Waals surface area contributed by atoms with Gasteiger partial charge in [-0.1, -0.05) is 0 Å². The van der Waals surface area contributed by atoms with Crippen LogP contribution in [0, 0.1) is 0 Å². The van der Waals surface area contributed by atoms with E-state index < -0.39 is 0 Å². The van der Waals surface area contributed by atoms with Crippen LogP contribution >= 0.6 is 0 Å². The number of rotatable bonds is 3. The molecule has 3 N–H and O–H groups in total. The maximum Gasteiger partial charge on any atom is 0.0951 e. The van der Waals surface area contributed by atoms with E-state index in [1.165, 1.54) is 0 Å². The summed E-state index contributed by atoms with van der Waals surface area (Å²) in [5, 5.41) is 0. The van der Waals surface area contributed by atoms with E-state index in [0.717, 1.165) is 5.69 Å². The molecule has 1 aromatic heterocycles. The highest BCUT2D eigenvalue weighted by Crippen LogP contribution is 2.07. The molecule has 0 saturated heterocycles. The van der Waals surface area contributed by atoms with E-state index in [1.54, 1.807) is 0 Å². The molecule has 0 amide bonds. The van der Waals surface area contributed by atoms with Crippen LogP contribution in [0.1, 0.15) is 25.6 Å². The Hall–Kier alpha value is -0.870. The minimum Gasteiger partial charge on any atom is -0.331 e. The fraction of sp³-hybridized carbons (Fsp3) is 0.571. The van der Waals surface area contributed by atoms with Gasteiger partial charge in [-0.15, -0.1) is 0 Å². The van der Waals surface area contributed by atoms with Crippen molar-refractivity contribution < 1.29 is 0 Å². The van der Waals surface area contributed by atoms with E-state index in [-0.39, 0.29) is 0 Å². The van der Waals surface area contributed by atoms with Gasteiger partial charge in [-0.25, -0.2) is 4.98 Å². The molecule has 0 aromatic carbocycles. The SMILES string of the molecule is CC(C)n1cncc1CNN. The van der Waals surface area contributed by atoms with Gasteiger partial charge in [0.15, 0.2) is 0 Å². The molecule has 4 heteroatoms. The second-order valence-electron chi connectivity index (χ2n) is 2.77. The highest BCUT2D eigenvalue weighted by atomic mass is 15.2. The zero-order chi connectivity index (χ0) is 8.27. The zero-order valence-electron chi connectivity index (χ0n) is 6.91. The number of nitrogens with one attached hydrogen (secondary N) is 1. The summed E-state index contributed by atoms with van der Waals surface area (Å²) < 4.78 is 2.08. The Bertz CT molecular complexity index is 216. The monoisotopic (exact) mass is 154 g/mol. The van der Waals surface area contributed by atoms with E-state index in [9.17, 15) is 0 Å². The van der Waals surface area contributed by atoms with Crippen molar-refractivity contribution in [3.05, 3.63) is 18.2 Å². The lowest BCUT2D eigenvalue weighted by Gasteiger charge is -2.10. The minimum absolute atomic E-state index is 0.445. The Morgan fingerprint density at radius 3 is 3.00 bits per heavy atom. The number of imidazole rings is 1. The van der Waals surface area contributed by atoms with Gasteiger partial charge in [-0.3, -0.25) is 11.3 Å². The van der Waals surface area contributed by atoms with E-state index in [0.29, 0.717) is 12.6 Å². The van der Waals surface area contributed by atoms with Gasteiger partial charge in [0, 0.05) is 12.2 Å². The average molecular weight is 154 g/mol. The maximum atomic E-state index is 5.20. The maximum absolute atomic E-state index is 5.20. The van der Waals surface area contributed by atoms with Crippen molar-refractivity contribution in [2.75, 3.05) is 0 Å². The van der Waals surface area contributed by atoms with Crippen LogP contribution in [-0.2, 0) is 6.54 Å². The Labute approximate surface area is 66.4 Å². The number of nitrogens with zero attached hydrogens (tertiary/aromatic N) is 2. The molecule has 0 aliphatic heterocycles. The first-order chi connectivity index (χ1) is 5.25. The van der Waals surface area contributed by atoms with Gasteiger partial charge in [0.1, 0.15) is 0 Å². The molecule has 0 aliphatic carbocycles. The molecule has 0 saturated carbocycles. The van der Waals surface area contributed by atoms with Crippen LogP contribution in [0.3, 0.4) is 0 Å². The van der Waals surface area contributed by atoms with Crippen LogP contribution < -0.4 is 11.3 Å². The van der Waals surface area contributed by atoms with Crippen LogP contribution in [0.15, 0.2) is 12.5 Å². The zero-order valence-corrected chi connectivity index (χ0v) is 6.91. The lowest BCUT2D eigenvalue weighted by Crippen LogP contribution is -2.23. The van der Waals surface area contributed by atoms with E-state index in [2.05, 4.69) is 28.8 Å². The van der Waals surface area contributed by atoms with Crippen LogP contribution in [-0.4, -0.2) is 9.55 Å². The highest BCUT2D eigenvalue weighted by molar-refractivity contribution is 4.98. The number of nitrogens with two attached hydrogens (primary N) is 1. The van der Waals surface area contributed by atoms with E-state index in [1.807, 2.05) is 12.5 Å². The highest BCUT2D eigenvalue weighted by Gasteiger charge is 2.02. The van der Waals surface area contributed by atoms with Gasteiger partial charge < -0.3 is 4.57 Å². The Kier molecular flexibility index (Phi) is 2.62. The van der Waals surface area contributed by atoms with Crippen molar-refractivity contribution >= 4 is 0 Å². The number of aromatic nitrogens is 2. The Morgan fingerprint density at radius 2 is 2.45 bits per heavy atom. The summed E-state index contributed by atoms with van der Waals surface area (Å²) in [6, 6.07) is 0.445. The van der Waals surface area contributed by atoms with Crippen molar-refractivity contribution in [2.24, 2.45) is 5.84 Å². The average Bonchev–Trinajstić information content (AvgIpc) is 2.36. The fourth-order valence-electron chi connectivity index (χ4n) is 1.04. The molecule has 0 unspecified atom stereocenters. The topological polar surface area (TPSA) is 55.9 Å². The molecule has 0 radical (unpaired) electrons. The van der Waals surface area contributed by atoms with Crippen LogP contribution in [0.5, 0.6) is 0 Å². The van der Waals surface area contributed by atoms with Crippen molar-refractivity contribution in [1.82, 2.24) is 15.0 Å². The largest absolute Gasteiger partial charge is 0.331 e. The predicted octanol–water partition coefficient (Wildman–Crippen LogP) is 0.427. The summed E-state index contributed by atoms with van der Waals surface area (Å²) >= 11 is 0. The minimum atomic E-state index is 0.445. The molecular weight excluding hydrogens is 140 g/mol. The first kappa shape index (κ1) is 8.23. The van der Waals surface area contributed by atoms with E-state index in [4.69, 9.17) is 5.84 Å². The third-order valence-corrected chi connectivity index (χ3v) is 1.59. The van der Waals surface area contributed by atoms with Gasteiger partial charge in [0.05, 0.1) is 18.6 Å². The van der Waals surface area contributed by atoms with Gasteiger partial charge in [0.25, 0.3) is 0 Å². The smallest absolute Gasteiger partial charge is 0.0951 e. The van der Waals surface area contributed by atoms with Gasteiger partial charge in [0.2, 0.25) is 0 Å². The summed E-state index contributed by atoms with van der Waals surface area (Å²) in [7, 11) is 0. The summed E-state index contributed by atoms with van der Waals surface area (Å²) in [6.07, 6.45) is 3.64. The molecule has 62 valence electrons. The first-order valence-electron chi connectivity index (χ1n) is 3.70. The van der Waals surface area contributed by atoms with Gasteiger partial charge in [-0.05, 0) is 13.8 Å². The lowest BCUT2D eigenvalue weighted by molar-refractivity contribution is 0.556. The van der Waals surface area contributed by atoms with Crippen molar-refractivity contribution in [2.45, 2.75) is 26.4 Å². The lowest BCUT2D eigenvalue weighted by atomic mass is 10.3. The molecule has 0 aliphatic rings. The predicted molar refractivity (Wildman–Crippen MR) is 43.6 cm³/mol. The first-order valence-corrected chi connectivity index (χ1v) is 3.70. The third kappa shape index (κ3) is 1.78. The summed E-state index contributed by atoms with van der Waals surface area (Å²) in [5.74, 6) is 5.20. The number of hydrogen-bond acceptors (Lipinski definition) is 3. The molecule has 0 atom stereocenters. The fourth-order valence-corrected chi connectivity index (χ4v) is 1.04. The standard InChI is InChI=1S/C7H14N4/c1-6(2)11-5-9-3-7(11)4-10-8/h3,5-6,10H,4,8H2,1-2H3. The third-order valence-electron chi connectivity index (χ3n) is 1.59. The summed E-state index contributed by atoms with van der Waals surface area (Å²) in [5.41, 5.74) is 3.72. The molecule has 1 heterocycles. The molecule has 4 nitrogen and oxygen atoms in total. The second-order valence-corrected chi connectivity index (χ2v) is 2.77. The van der Waals surface area contributed by atoms with Gasteiger partial charge >= 0.3 is 0 Å². The van der Waals surface area contributed by atoms with Gasteiger partial charge in [-0.2, -0.15) is 0 Å². The molecule has 0 spiro atoms. The Balaban J connectivity index is 2.78. The van der Waals surface area contributed by atoms with Crippen LogP contribution in [0.4, 0.5) is 0 Å². The quantitative estimate of drug-likeness (QED) is 0.490. The van der Waals surface area contributed by atoms with E-state index >= 15 is 0 Å². The molecule has 1 aromatic rings. The molecule has 0 bridgehead atoms.